The highest BCUT2D eigenvalue weighted by molar-refractivity contribution is 7.83. The molecule has 3 heteroatoms. The van der Waals surface area contributed by atoms with Crippen molar-refractivity contribution in [3.63, 3.8) is 0 Å². The Morgan fingerprint density at radius 2 is 1.53 bits per heavy atom. The van der Waals surface area contributed by atoms with Crippen LogP contribution in [0.3, 0.4) is 0 Å². The molecule has 0 aliphatic rings. The van der Waals surface area contributed by atoms with Crippen LogP contribution in [0.4, 0.5) is 5.69 Å². The minimum atomic E-state index is -0.886. The summed E-state index contributed by atoms with van der Waals surface area (Å²) in [5, 5.41) is 0. The maximum Gasteiger partial charge on any atom is 0.0489 e. The van der Waals surface area contributed by atoms with E-state index in [0.717, 1.165) is 16.8 Å². The highest BCUT2D eigenvalue weighted by Crippen LogP contribution is 2.11. The molecule has 0 heterocycles. The van der Waals surface area contributed by atoms with E-state index in [9.17, 15) is 4.21 Å². The van der Waals surface area contributed by atoms with Crippen molar-refractivity contribution in [1.29, 1.82) is 0 Å². The van der Waals surface area contributed by atoms with E-state index >= 15 is 0 Å². The van der Waals surface area contributed by atoms with E-state index in [-0.39, 0.29) is 0 Å². The van der Waals surface area contributed by atoms with Crippen molar-refractivity contribution >= 4 is 16.5 Å². The predicted octanol–water partition coefficient (Wildman–Crippen LogP) is 2.72. The Balaban J connectivity index is 1.98. The molecule has 2 N–H and O–H groups in total. The van der Waals surface area contributed by atoms with Gasteiger partial charge in [-0.05, 0) is 23.3 Å². The number of nitrogen functional groups attached to an aromatic ring is 1. The van der Waals surface area contributed by atoms with Gasteiger partial charge in [0.05, 0.1) is 0 Å². The molecule has 17 heavy (non-hydrogen) atoms. The molecule has 0 aromatic heterocycles. The summed E-state index contributed by atoms with van der Waals surface area (Å²) in [7, 11) is -0.886. The Hall–Kier alpha value is -1.61. The average molecular weight is 245 g/mol. The lowest BCUT2D eigenvalue weighted by atomic mass is 10.2. The molecular weight excluding hydrogens is 230 g/mol. The third-order valence-electron chi connectivity index (χ3n) is 2.45. The van der Waals surface area contributed by atoms with E-state index in [2.05, 4.69) is 0 Å². The summed E-state index contributed by atoms with van der Waals surface area (Å²) in [6, 6.07) is 17.5. The maximum atomic E-state index is 12.0. The van der Waals surface area contributed by atoms with Gasteiger partial charge in [-0.3, -0.25) is 4.21 Å². The van der Waals surface area contributed by atoms with Crippen LogP contribution >= 0.6 is 0 Å². The normalized spacial score (nSPS) is 12.2. The van der Waals surface area contributed by atoms with Gasteiger partial charge in [-0.1, -0.05) is 42.5 Å². The third-order valence-corrected chi connectivity index (χ3v) is 3.76. The Bertz CT molecular complexity index is 511. The standard InChI is InChI=1S/C14H15NOS/c15-14-8-4-7-13(9-14)11-17(16)10-12-5-2-1-3-6-12/h1-9H,10-11,15H2. The molecule has 0 aliphatic carbocycles. The van der Waals surface area contributed by atoms with E-state index < -0.39 is 10.8 Å². The number of rotatable bonds is 4. The molecule has 0 spiro atoms. The van der Waals surface area contributed by atoms with Crippen molar-refractivity contribution in [3.05, 3.63) is 65.7 Å². The molecule has 1 unspecified atom stereocenters. The molecule has 88 valence electrons. The summed E-state index contributed by atoms with van der Waals surface area (Å²) in [6.45, 7) is 0. The summed E-state index contributed by atoms with van der Waals surface area (Å²) in [4.78, 5) is 0. The number of benzene rings is 2. The van der Waals surface area contributed by atoms with Crippen LogP contribution < -0.4 is 5.73 Å². The minimum absolute atomic E-state index is 0.555. The van der Waals surface area contributed by atoms with Crippen molar-refractivity contribution in [2.24, 2.45) is 0 Å². The number of hydrogen-bond donors (Lipinski definition) is 1. The fraction of sp³-hybridized carbons (Fsp3) is 0.143. The van der Waals surface area contributed by atoms with Gasteiger partial charge in [-0.15, -0.1) is 0 Å². The molecule has 1 atom stereocenters. The van der Waals surface area contributed by atoms with Crippen molar-refractivity contribution in [1.82, 2.24) is 0 Å². The topological polar surface area (TPSA) is 43.1 Å². The van der Waals surface area contributed by atoms with E-state index in [0.29, 0.717) is 11.5 Å². The van der Waals surface area contributed by atoms with Crippen molar-refractivity contribution in [2.75, 3.05) is 5.73 Å². The molecule has 0 fully saturated rings. The van der Waals surface area contributed by atoms with Crippen LogP contribution in [0.25, 0.3) is 0 Å². The average Bonchev–Trinajstić information content (AvgIpc) is 2.30. The summed E-state index contributed by atoms with van der Waals surface area (Å²) >= 11 is 0. The maximum absolute atomic E-state index is 12.0. The van der Waals surface area contributed by atoms with Gasteiger partial charge in [0, 0.05) is 28.0 Å². The molecule has 2 nitrogen and oxygen atoms in total. The van der Waals surface area contributed by atoms with Gasteiger partial charge in [-0.2, -0.15) is 0 Å². The first-order valence-corrected chi connectivity index (χ1v) is 6.96. The zero-order valence-electron chi connectivity index (χ0n) is 9.50. The fourth-order valence-electron chi connectivity index (χ4n) is 1.68. The van der Waals surface area contributed by atoms with Gasteiger partial charge in [-0.25, -0.2) is 0 Å². The number of anilines is 1. The van der Waals surface area contributed by atoms with E-state index in [4.69, 9.17) is 5.73 Å². The summed E-state index contributed by atoms with van der Waals surface area (Å²) in [6.07, 6.45) is 0. The van der Waals surface area contributed by atoms with Crippen LogP contribution in [0.5, 0.6) is 0 Å². The predicted molar refractivity (Wildman–Crippen MR) is 72.8 cm³/mol. The molecule has 2 rings (SSSR count). The lowest BCUT2D eigenvalue weighted by molar-refractivity contribution is 0.682. The second kappa shape index (κ2) is 5.64. The highest BCUT2D eigenvalue weighted by atomic mass is 32.2. The van der Waals surface area contributed by atoms with Crippen molar-refractivity contribution < 1.29 is 4.21 Å². The largest absolute Gasteiger partial charge is 0.399 e. The molecule has 0 saturated heterocycles. The lowest BCUT2D eigenvalue weighted by Gasteiger charge is -2.03. The van der Waals surface area contributed by atoms with Gasteiger partial charge in [0.1, 0.15) is 0 Å². The van der Waals surface area contributed by atoms with E-state index in [1.807, 2.05) is 54.6 Å². The van der Waals surface area contributed by atoms with Crippen LogP contribution in [-0.4, -0.2) is 4.21 Å². The lowest BCUT2D eigenvalue weighted by Crippen LogP contribution is -2.00. The Kier molecular flexibility index (Phi) is 3.94. The monoisotopic (exact) mass is 245 g/mol. The van der Waals surface area contributed by atoms with Crippen molar-refractivity contribution in [2.45, 2.75) is 11.5 Å². The van der Waals surface area contributed by atoms with Crippen LogP contribution in [-0.2, 0) is 22.3 Å². The Morgan fingerprint density at radius 1 is 0.882 bits per heavy atom. The third kappa shape index (κ3) is 3.71. The minimum Gasteiger partial charge on any atom is -0.399 e. The Morgan fingerprint density at radius 3 is 2.24 bits per heavy atom. The van der Waals surface area contributed by atoms with Crippen molar-refractivity contribution in [3.8, 4) is 0 Å². The number of hydrogen-bond acceptors (Lipinski definition) is 2. The molecule has 0 saturated carbocycles. The summed E-state index contributed by atoms with van der Waals surface area (Å²) in [5.74, 6) is 1.15. The zero-order valence-corrected chi connectivity index (χ0v) is 10.3. The quantitative estimate of drug-likeness (QED) is 0.842. The fourth-order valence-corrected chi connectivity index (χ4v) is 2.90. The van der Waals surface area contributed by atoms with Crippen LogP contribution in [0.15, 0.2) is 54.6 Å². The summed E-state index contributed by atoms with van der Waals surface area (Å²) < 4.78 is 12.0. The molecule has 0 aliphatic heterocycles. The highest BCUT2D eigenvalue weighted by Gasteiger charge is 2.03. The van der Waals surface area contributed by atoms with E-state index in [1.54, 1.807) is 0 Å². The first-order chi connectivity index (χ1) is 8.24. The molecule has 2 aromatic carbocycles. The molecular formula is C14H15NOS. The van der Waals surface area contributed by atoms with Gasteiger partial charge >= 0.3 is 0 Å². The SMILES string of the molecule is Nc1cccc(CS(=O)Cc2ccccc2)c1. The summed E-state index contributed by atoms with van der Waals surface area (Å²) in [5.41, 5.74) is 8.54. The second-order valence-corrected chi connectivity index (χ2v) is 5.42. The molecule has 0 bridgehead atoms. The van der Waals surface area contributed by atoms with Crippen LogP contribution in [0.2, 0.25) is 0 Å². The molecule has 0 radical (unpaired) electrons. The van der Waals surface area contributed by atoms with Gasteiger partial charge in [0.2, 0.25) is 0 Å². The molecule has 0 amide bonds. The molecule has 2 aromatic rings. The van der Waals surface area contributed by atoms with Gasteiger partial charge < -0.3 is 5.73 Å². The van der Waals surface area contributed by atoms with E-state index in [1.165, 1.54) is 0 Å². The van der Waals surface area contributed by atoms with Crippen LogP contribution in [0.1, 0.15) is 11.1 Å². The van der Waals surface area contributed by atoms with Gasteiger partial charge in [0.25, 0.3) is 0 Å². The first kappa shape index (κ1) is 11.9. The van der Waals surface area contributed by atoms with Crippen LogP contribution in [0, 0.1) is 0 Å². The zero-order chi connectivity index (χ0) is 12.1. The van der Waals surface area contributed by atoms with Gasteiger partial charge in [0.15, 0.2) is 0 Å². The smallest absolute Gasteiger partial charge is 0.0489 e. The first-order valence-electron chi connectivity index (χ1n) is 5.47. The Labute approximate surface area is 104 Å². The number of nitrogens with two attached hydrogens (primary N) is 1. The second-order valence-electron chi connectivity index (χ2n) is 3.96.